The molecule has 1 N–H and O–H groups in total. The van der Waals surface area contributed by atoms with Crippen molar-refractivity contribution in [2.75, 3.05) is 21.1 Å². The zero-order valence-corrected chi connectivity index (χ0v) is 12.3. The number of carbonyl (C=O) groups is 1. The molecule has 3 unspecified atom stereocenters. The Morgan fingerprint density at radius 2 is 2.24 bits per heavy atom. The van der Waals surface area contributed by atoms with Gasteiger partial charge in [0.2, 0.25) is 5.91 Å². The minimum absolute atomic E-state index is 0.00310. The second-order valence-corrected chi connectivity index (χ2v) is 5.42. The smallest absolute Gasteiger partial charge is 0.234 e. The van der Waals surface area contributed by atoms with Gasteiger partial charge in [0, 0.05) is 19.4 Å². The van der Waals surface area contributed by atoms with Gasteiger partial charge in [0.25, 0.3) is 0 Å². The lowest BCUT2D eigenvalue weighted by atomic mass is 9.94. The number of hydrogen-bond donors (Lipinski definition) is 1. The molecule has 1 amide bonds. The molecule has 21 heavy (non-hydrogen) atoms. The molecular weight excluding hydrogens is 268 g/mol. The SMILES string of the molecule is CNC(=O)C1(c2cccnc2)C(N(C)C)C1n1cncn1. The maximum Gasteiger partial charge on any atom is 0.234 e. The molecule has 3 rings (SSSR count). The van der Waals surface area contributed by atoms with Crippen LogP contribution in [0.2, 0.25) is 0 Å². The molecule has 0 saturated heterocycles. The van der Waals surface area contributed by atoms with E-state index >= 15 is 0 Å². The molecule has 0 bridgehead atoms. The van der Waals surface area contributed by atoms with E-state index in [9.17, 15) is 4.79 Å². The van der Waals surface area contributed by atoms with Crippen LogP contribution in [0.5, 0.6) is 0 Å². The Morgan fingerprint density at radius 3 is 2.76 bits per heavy atom. The first-order valence-electron chi connectivity index (χ1n) is 6.77. The highest BCUT2D eigenvalue weighted by atomic mass is 16.2. The number of rotatable bonds is 4. The summed E-state index contributed by atoms with van der Waals surface area (Å²) >= 11 is 0. The van der Waals surface area contributed by atoms with E-state index in [-0.39, 0.29) is 18.0 Å². The predicted octanol–water partition coefficient (Wildman–Crippen LogP) is -0.158. The van der Waals surface area contributed by atoms with E-state index in [4.69, 9.17) is 0 Å². The molecule has 3 atom stereocenters. The molecule has 0 radical (unpaired) electrons. The fraction of sp³-hybridized carbons (Fsp3) is 0.429. The van der Waals surface area contributed by atoms with Gasteiger partial charge in [0.15, 0.2) is 0 Å². The van der Waals surface area contributed by atoms with Gasteiger partial charge in [-0.15, -0.1) is 0 Å². The summed E-state index contributed by atoms with van der Waals surface area (Å²) in [5, 5.41) is 7.01. The van der Waals surface area contributed by atoms with Gasteiger partial charge in [0.1, 0.15) is 18.1 Å². The predicted molar refractivity (Wildman–Crippen MR) is 76.5 cm³/mol. The average molecular weight is 286 g/mol. The van der Waals surface area contributed by atoms with Crippen LogP contribution < -0.4 is 5.32 Å². The Kier molecular flexibility index (Phi) is 3.21. The van der Waals surface area contributed by atoms with Crippen molar-refractivity contribution >= 4 is 5.91 Å². The minimum Gasteiger partial charge on any atom is -0.358 e. The van der Waals surface area contributed by atoms with Crippen LogP contribution in [0.15, 0.2) is 37.2 Å². The Morgan fingerprint density at radius 1 is 1.43 bits per heavy atom. The molecule has 1 aliphatic rings. The van der Waals surface area contributed by atoms with E-state index in [1.807, 2.05) is 26.2 Å². The fourth-order valence-corrected chi connectivity index (χ4v) is 3.31. The Labute approximate surface area is 123 Å². The zero-order chi connectivity index (χ0) is 15.0. The first kappa shape index (κ1) is 13.7. The number of pyridine rings is 1. The molecule has 1 fully saturated rings. The van der Waals surface area contributed by atoms with Crippen LogP contribution in [0, 0.1) is 0 Å². The molecular formula is C14H18N6O. The number of amides is 1. The first-order chi connectivity index (χ1) is 10.1. The van der Waals surface area contributed by atoms with Gasteiger partial charge in [-0.1, -0.05) is 6.07 Å². The summed E-state index contributed by atoms with van der Waals surface area (Å²) in [4.78, 5) is 22.9. The van der Waals surface area contributed by atoms with Crippen molar-refractivity contribution in [3.63, 3.8) is 0 Å². The van der Waals surface area contributed by atoms with Crippen molar-refractivity contribution in [3.8, 4) is 0 Å². The molecule has 110 valence electrons. The number of hydrogen-bond acceptors (Lipinski definition) is 5. The van der Waals surface area contributed by atoms with Crippen molar-refractivity contribution in [2.24, 2.45) is 0 Å². The fourth-order valence-electron chi connectivity index (χ4n) is 3.31. The Hall–Kier alpha value is -2.28. The van der Waals surface area contributed by atoms with Crippen LogP contribution in [0.3, 0.4) is 0 Å². The molecule has 2 aromatic heterocycles. The Bertz CT molecular complexity index is 626. The Balaban J connectivity index is 2.14. The molecule has 1 saturated carbocycles. The summed E-state index contributed by atoms with van der Waals surface area (Å²) in [6.45, 7) is 0. The average Bonchev–Trinajstić information content (AvgIpc) is 2.93. The molecule has 7 heteroatoms. The normalized spacial score (nSPS) is 27.6. The van der Waals surface area contributed by atoms with Crippen molar-refractivity contribution in [3.05, 3.63) is 42.7 Å². The number of nitrogens with zero attached hydrogens (tertiary/aromatic N) is 5. The van der Waals surface area contributed by atoms with Crippen LogP contribution >= 0.6 is 0 Å². The van der Waals surface area contributed by atoms with Gasteiger partial charge in [-0.05, 0) is 25.7 Å². The third-order valence-corrected chi connectivity index (χ3v) is 4.14. The van der Waals surface area contributed by atoms with Crippen molar-refractivity contribution in [1.82, 2.24) is 30.0 Å². The van der Waals surface area contributed by atoms with Crippen molar-refractivity contribution < 1.29 is 4.79 Å². The standard InChI is InChI=1S/C14H18N6O/c1-15-13(21)14(10-5-4-6-16-7-10)11(19(2)3)12(14)20-9-17-8-18-20/h4-9,11-12H,1-3H3,(H,15,21). The lowest BCUT2D eigenvalue weighted by Gasteiger charge is -2.18. The maximum atomic E-state index is 12.7. The largest absolute Gasteiger partial charge is 0.358 e. The molecule has 2 aromatic rings. The molecule has 7 nitrogen and oxygen atoms in total. The summed E-state index contributed by atoms with van der Waals surface area (Å²) in [6.07, 6.45) is 6.60. The monoisotopic (exact) mass is 286 g/mol. The van der Waals surface area contributed by atoms with Crippen molar-refractivity contribution in [1.29, 1.82) is 0 Å². The minimum atomic E-state index is -0.694. The van der Waals surface area contributed by atoms with E-state index in [0.717, 1.165) is 5.56 Å². The first-order valence-corrected chi connectivity index (χ1v) is 6.77. The summed E-state index contributed by atoms with van der Waals surface area (Å²) in [5.41, 5.74) is 0.198. The topological polar surface area (TPSA) is 75.9 Å². The van der Waals surface area contributed by atoms with Gasteiger partial charge >= 0.3 is 0 Å². The summed E-state index contributed by atoms with van der Waals surface area (Å²) in [7, 11) is 5.59. The van der Waals surface area contributed by atoms with Gasteiger partial charge in [0.05, 0.1) is 12.1 Å². The highest BCUT2D eigenvalue weighted by Crippen LogP contribution is 2.59. The number of likely N-dealkylation sites (N-methyl/N-ethyl adjacent to an activating group) is 2. The molecule has 1 aliphatic carbocycles. The lowest BCUT2D eigenvalue weighted by Crippen LogP contribution is -2.38. The summed E-state index contributed by atoms with van der Waals surface area (Å²) < 4.78 is 1.76. The molecule has 0 aliphatic heterocycles. The van der Waals surface area contributed by atoms with E-state index in [0.29, 0.717) is 0 Å². The summed E-state index contributed by atoms with van der Waals surface area (Å²) in [5.74, 6) is -0.0327. The van der Waals surface area contributed by atoms with Gasteiger partial charge in [-0.2, -0.15) is 5.10 Å². The number of nitrogens with one attached hydrogen (secondary N) is 1. The van der Waals surface area contributed by atoms with Crippen LogP contribution in [0.1, 0.15) is 11.6 Å². The highest BCUT2D eigenvalue weighted by molar-refractivity contribution is 5.94. The number of aromatic nitrogens is 4. The summed E-state index contributed by atoms with van der Waals surface area (Å²) in [6, 6.07) is 3.70. The van der Waals surface area contributed by atoms with E-state index in [2.05, 4.69) is 25.3 Å². The molecule has 2 heterocycles. The third-order valence-electron chi connectivity index (χ3n) is 4.14. The quantitative estimate of drug-likeness (QED) is 0.845. The van der Waals surface area contributed by atoms with Crippen LogP contribution in [-0.4, -0.2) is 57.7 Å². The van der Waals surface area contributed by atoms with Gasteiger partial charge < -0.3 is 10.2 Å². The van der Waals surface area contributed by atoms with E-state index in [1.54, 1.807) is 30.5 Å². The van der Waals surface area contributed by atoms with Gasteiger partial charge in [-0.25, -0.2) is 9.67 Å². The highest BCUT2D eigenvalue weighted by Gasteiger charge is 2.73. The molecule has 0 aromatic carbocycles. The van der Waals surface area contributed by atoms with Crippen LogP contribution in [0.25, 0.3) is 0 Å². The lowest BCUT2D eigenvalue weighted by molar-refractivity contribution is -0.123. The second kappa shape index (κ2) is 4.92. The second-order valence-electron chi connectivity index (χ2n) is 5.42. The van der Waals surface area contributed by atoms with Crippen LogP contribution in [0.4, 0.5) is 0 Å². The van der Waals surface area contributed by atoms with Crippen LogP contribution in [-0.2, 0) is 10.2 Å². The number of carbonyl (C=O) groups excluding carboxylic acids is 1. The zero-order valence-electron chi connectivity index (χ0n) is 12.3. The third kappa shape index (κ3) is 1.84. The maximum absolute atomic E-state index is 12.7. The van der Waals surface area contributed by atoms with E-state index < -0.39 is 5.41 Å². The van der Waals surface area contributed by atoms with Gasteiger partial charge in [-0.3, -0.25) is 9.78 Å². The molecule has 0 spiro atoms. The van der Waals surface area contributed by atoms with E-state index in [1.165, 1.54) is 6.33 Å². The van der Waals surface area contributed by atoms with Crippen molar-refractivity contribution in [2.45, 2.75) is 17.5 Å².